The number of nitrogens with one attached hydrogen (secondary N) is 2. The SMILES string of the molecule is NC(=O)c1ncn(-c2ccc(NC(=O)c3ccc(F)cc3Cl)cc2)c1C(=O)NCCN1CCOCC1. The summed E-state index contributed by atoms with van der Waals surface area (Å²) in [6.45, 7) is 3.90. The molecule has 1 aliphatic heterocycles. The van der Waals surface area contributed by atoms with E-state index in [0.29, 0.717) is 37.7 Å². The smallest absolute Gasteiger partial charge is 0.270 e. The Morgan fingerprint density at radius 2 is 1.81 bits per heavy atom. The number of benzene rings is 2. The molecule has 1 aromatic heterocycles. The van der Waals surface area contributed by atoms with E-state index < -0.39 is 23.5 Å². The molecule has 0 atom stereocenters. The summed E-state index contributed by atoms with van der Waals surface area (Å²) < 4.78 is 20.0. The summed E-state index contributed by atoms with van der Waals surface area (Å²) >= 11 is 5.96. The van der Waals surface area contributed by atoms with Crippen LogP contribution in [-0.4, -0.2) is 71.6 Å². The molecule has 36 heavy (non-hydrogen) atoms. The van der Waals surface area contributed by atoms with Gasteiger partial charge in [-0.05, 0) is 42.5 Å². The van der Waals surface area contributed by atoms with Gasteiger partial charge in [0.15, 0.2) is 5.69 Å². The quantitative estimate of drug-likeness (QED) is 0.422. The second-order valence-electron chi connectivity index (χ2n) is 8.01. The van der Waals surface area contributed by atoms with Crippen molar-refractivity contribution in [3.8, 4) is 5.69 Å². The third-order valence-electron chi connectivity index (χ3n) is 5.61. The van der Waals surface area contributed by atoms with Crippen molar-refractivity contribution in [2.75, 3.05) is 44.7 Å². The maximum absolute atomic E-state index is 13.3. The van der Waals surface area contributed by atoms with E-state index in [1.165, 1.54) is 17.0 Å². The van der Waals surface area contributed by atoms with Crippen molar-refractivity contribution in [3.05, 3.63) is 76.6 Å². The van der Waals surface area contributed by atoms with Gasteiger partial charge in [-0.15, -0.1) is 0 Å². The average molecular weight is 515 g/mol. The number of amides is 3. The molecule has 1 fully saturated rings. The van der Waals surface area contributed by atoms with Gasteiger partial charge in [0.1, 0.15) is 17.8 Å². The topological polar surface area (TPSA) is 132 Å². The molecule has 0 bridgehead atoms. The molecule has 10 nitrogen and oxygen atoms in total. The van der Waals surface area contributed by atoms with Crippen molar-refractivity contribution in [3.63, 3.8) is 0 Å². The number of hydrogen-bond acceptors (Lipinski definition) is 6. The number of aromatic nitrogens is 2. The summed E-state index contributed by atoms with van der Waals surface area (Å²) in [5.41, 5.74) is 6.39. The summed E-state index contributed by atoms with van der Waals surface area (Å²) in [5.74, 6) is -2.37. The first-order valence-corrected chi connectivity index (χ1v) is 11.5. The van der Waals surface area contributed by atoms with Gasteiger partial charge in [-0.2, -0.15) is 0 Å². The summed E-state index contributed by atoms with van der Waals surface area (Å²) in [5, 5.41) is 5.49. The van der Waals surface area contributed by atoms with Crippen LogP contribution in [0.3, 0.4) is 0 Å². The molecule has 4 rings (SSSR count). The lowest BCUT2D eigenvalue weighted by molar-refractivity contribution is 0.0383. The van der Waals surface area contributed by atoms with Gasteiger partial charge in [-0.1, -0.05) is 11.6 Å². The number of carbonyl (C=O) groups excluding carboxylic acids is 3. The van der Waals surface area contributed by atoms with Crippen LogP contribution in [-0.2, 0) is 4.74 Å². The molecule has 4 N–H and O–H groups in total. The van der Waals surface area contributed by atoms with E-state index in [9.17, 15) is 18.8 Å². The summed E-state index contributed by atoms with van der Waals surface area (Å²) in [6.07, 6.45) is 1.34. The van der Waals surface area contributed by atoms with Crippen LogP contribution in [0.1, 0.15) is 31.3 Å². The number of morpholine rings is 1. The largest absolute Gasteiger partial charge is 0.379 e. The molecular weight excluding hydrogens is 491 g/mol. The Kier molecular flexibility index (Phi) is 7.93. The fraction of sp³-hybridized carbons (Fsp3) is 0.250. The van der Waals surface area contributed by atoms with Crippen LogP contribution < -0.4 is 16.4 Å². The molecule has 1 aliphatic rings. The molecule has 3 aromatic rings. The fourth-order valence-electron chi connectivity index (χ4n) is 3.75. The first-order valence-electron chi connectivity index (χ1n) is 11.2. The Balaban J connectivity index is 1.48. The number of primary amides is 1. The molecule has 0 unspecified atom stereocenters. The molecule has 12 heteroatoms. The Morgan fingerprint density at radius 3 is 2.47 bits per heavy atom. The highest BCUT2D eigenvalue weighted by atomic mass is 35.5. The minimum Gasteiger partial charge on any atom is -0.379 e. The van der Waals surface area contributed by atoms with Crippen LogP contribution in [0.4, 0.5) is 10.1 Å². The van der Waals surface area contributed by atoms with Gasteiger partial charge < -0.3 is 21.1 Å². The van der Waals surface area contributed by atoms with Crippen LogP contribution in [0.15, 0.2) is 48.8 Å². The van der Waals surface area contributed by atoms with E-state index in [1.54, 1.807) is 24.3 Å². The average Bonchev–Trinajstić information content (AvgIpc) is 3.31. The third kappa shape index (κ3) is 5.88. The lowest BCUT2D eigenvalue weighted by atomic mass is 10.2. The highest BCUT2D eigenvalue weighted by Crippen LogP contribution is 2.21. The molecule has 2 aromatic carbocycles. The zero-order chi connectivity index (χ0) is 25.7. The minimum absolute atomic E-state index is 0.00853. The van der Waals surface area contributed by atoms with E-state index in [1.807, 2.05) is 0 Å². The third-order valence-corrected chi connectivity index (χ3v) is 5.93. The Labute approximate surface area is 211 Å². The number of carbonyl (C=O) groups is 3. The van der Waals surface area contributed by atoms with E-state index in [2.05, 4.69) is 20.5 Å². The Morgan fingerprint density at radius 1 is 1.08 bits per heavy atom. The fourth-order valence-corrected chi connectivity index (χ4v) is 4.01. The van der Waals surface area contributed by atoms with Crippen LogP contribution in [0, 0.1) is 5.82 Å². The Hall–Kier alpha value is -3.80. The molecular formula is C24H24ClFN6O4. The number of ether oxygens (including phenoxy) is 1. The molecule has 3 amide bonds. The number of imidazole rings is 1. The number of nitrogens with zero attached hydrogens (tertiary/aromatic N) is 3. The van der Waals surface area contributed by atoms with E-state index in [-0.39, 0.29) is 22.0 Å². The molecule has 0 saturated carbocycles. The predicted octanol–water partition coefficient (Wildman–Crippen LogP) is 2.08. The number of halogens is 2. The molecule has 1 saturated heterocycles. The van der Waals surface area contributed by atoms with Crippen molar-refractivity contribution in [2.24, 2.45) is 5.73 Å². The molecule has 0 spiro atoms. The predicted molar refractivity (Wildman–Crippen MR) is 131 cm³/mol. The van der Waals surface area contributed by atoms with Crippen LogP contribution in [0.2, 0.25) is 5.02 Å². The summed E-state index contributed by atoms with van der Waals surface area (Å²) in [7, 11) is 0. The Bertz CT molecular complexity index is 1270. The van der Waals surface area contributed by atoms with Gasteiger partial charge in [0.25, 0.3) is 17.7 Å². The summed E-state index contributed by atoms with van der Waals surface area (Å²) in [4.78, 5) is 43.6. The normalized spacial score (nSPS) is 13.8. The minimum atomic E-state index is -0.827. The van der Waals surface area contributed by atoms with Crippen molar-refractivity contribution < 1.29 is 23.5 Å². The maximum Gasteiger partial charge on any atom is 0.270 e. The first kappa shape index (κ1) is 25.3. The highest BCUT2D eigenvalue weighted by molar-refractivity contribution is 6.34. The number of anilines is 1. The van der Waals surface area contributed by atoms with Gasteiger partial charge in [0, 0.05) is 37.6 Å². The van der Waals surface area contributed by atoms with E-state index in [0.717, 1.165) is 25.2 Å². The lowest BCUT2D eigenvalue weighted by Crippen LogP contribution is -2.41. The van der Waals surface area contributed by atoms with Crippen LogP contribution in [0.25, 0.3) is 5.69 Å². The second-order valence-corrected chi connectivity index (χ2v) is 8.42. The van der Waals surface area contributed by atoms with Crippen molar-refractivity contribution in [1.82, 2.24) is 19.8 Å². The monoisotopic (exact) mass is 514 g/mol. The van der Waals surface area contributed by atoms with Crippen molar-refractivity contribution in [1.29, 1.82) is 0 Å². The first-order chi connectivity index (χ1) is 17.3. The zero-order valence-corrected chi connectivity index (χ0v) is 19.9. The number of nitrogens with two attached hydrogens (primary N) is 1. The van der Waals surface area contributed by atoms with Gasteiger partial charge in [-0.25, -0.2) is 9.37 Å². The van der Waals surface area contributed by atoms with Gasteiger partial charge in [0.05, 0.1) is 23.8 Å². The van der Waals surface area contributed by atoms with Crippen molar-refractivity contribution >= 4 is 35.0 Å². The van der Waals surface area contributed by atoms with Gasteiger partial charge in [0.2, 0.25) is 0 Å². The van der Waals surface area contributed by atoms with Gasteiger partial charge >= 0.3 is 0 Å². The standard InChI is InChI=1S/C24H24ClFN6O4/c25-19-13-15(26)1-6-18(19)23(34)30-16-2-4-17(5-3-16)32-14-29-20(22(27)33)21(32)24(35)28-7-8-31-9-11-36-12-10-31/h1-6,13-14H,7-12H2,(H2,27,33)(H,28,35)(H,30,34). The van der Waals surface area contributed by atoms with Crippen molar-refractivity contribution in [2.45, 2.75) is 0 Å². The molecule has 2 heterocycles. The highest BCUT2D eigenvalue weighted by Gasteiger charge is 2.23. The van der Waals surface area contributed by atoms with E-state index in [4.69, 9.17) is 22.1 Å². The number of hydrogen-bond donors (Lipinski definition) is 3. The van der Waals surface area contributed by atoms with E-state index >= 15 is 0 Å². The van der Waals surface area contributed by atoms with Crippen LogP contribution >= 0.6 is 11.6 Å². The summed E-state index contributed by atoms with van der Waals surface area (Å²) in [6, 6.07) is 9.98. The number of rotatable bonds is 8. The van der Waals surface area contributed by atoms with Gasteiger partial charge in [-0.3, -0.25) is 23.9 Å². The molecule has 0 aliphatic carbocycles. The maximum atomic E-state index is 13.3. The molecule has 0 radical (unpaired) electrons. The lowest BCUT2D eigenvalue weighted by Gasteiger charge is -2.26. The second kappa shape index (κ2) is 11.3. The van der Waals surface area contributed by atoms with Crippen LogP contribution in [0.5, 0.6) is 0 Å². The molecule has 188 valence electrons. The zero-order valence-electron chi connectivity index (χ0n) is 19.2.